The standard InChI is InChI=1S/C11H8ClN3O4S2/c12-9-4-3-8(6-10(9)15(16)17)7-13-14-21(18,19)11-2-1-5-20-11/h1-7,14H/b13-7+. The summed E-state index contributed by atoms with van der Waals surface area (Å²) < 4.78 is 23.7. The SMILES string of the molecule is O=[N+]([O-])c1cc(/C=N/NS(=O)(=O)c2cccs2)ccc1Cl. The van der Waals surface area contributed by atoms with Crippen LogP contribution in [-0.4, -0.2) is 19.6 Å². The zero-order valence-corrected chi connectivity index (χ0v) is 12.7. The molecule has 0 radical (unpaired) electrons. The number of nitrogens with one attached hydrogen (secondary N) is 1. The van der Waals surface area contributed by atoms with Gasteiger partial charge in [-0.15, -0.1) is 11.3 Å². The van der Waals surface area contributed by atoms with Gasteiger partial charge in [0.05, 0.1) is 11.1 Å². The first-order valence-corrected chi connectivity index (χ1v) is 8.16. The van der Waals surface area contributed by atoms with Crippen molar-refractivity contribution in [2.75, 3.05) is 0 Å². The lowest BCUT2D eigenvalue weighted by Crippen LogP contribution is -2.17. The Morgan fingerprint density at radius 2 is 2.14 bits per heavy atom. The Morgan fingerprint density at radius 3 is 2.76 bits per heavy atom. The molecule has 110 valence electrons. The van der Waals surface area contributed by atoms with Crippen LogP contribution in [0.4, 0.5) is 5.69 Å². The van der Waals surface area contributed by atoms with Crippen molar-refractivity contribution >= 4 is 44.9 Å². The molecule has 0 amide bonds. The first-order valence-electron chi connectivity index (χ1n) is 5.42. The fourth-order valence-corrected chi connectivity index (χ4v) is 3.34. The lowest BCUT2D eigenvalue weighted by atomic mass is 10.2. The van der Waals surface area contributed by atoms with E-state index in [-0.39, 0.29) is 14.9 Å². The van der Waals surface area contributed by atoms with Crippen LogP contribution in [0.2, 0.25) is 5.02 Å². The lowest BCUT2D eigenvalue weighted by molar-refractivity contribution is -0.384. The number of hydrogen-bond acceptors (Lipinski definition) is 6. The highest BCUT2D eigenvalue weighted by molar-refractivity contribution is 7.91. The van der Waals surface area contributed by atoms with E-state index in [1.165, 1.54) is 24.3 Å². The van der Waals surface area contributed by atoms with Gasteiger partial charge in [-0.25, -0.2) is 0 Å². The van der Waals surface area contributed by atoms with Crippen molar-refractivity contribution in [1.29, 1.82) is 0 Å². The van der Waals surface area contributed by atoms with Gasteiger partial charge >= 0.3 is 0 Å². The molecule has 0 saturated carbocycles. The summed E-state index contributed by atoms with van der Waals surface area (Å²) in [7, 11) is -3.71. The highest BCUT2D eigenvalue weighted by atomic mass is 35.5. The van der Waals surface area contributed by atoms with E-state index in [0.717, 1.165) is 17.6 Å². The van der Waals surface area contributed by atoms with Gasteiger partial charge in [-0.1, -0.05) is 23.7 Å². The molecule has 2 aromatic rings. The highest BCUT2D eigenvalue weighted by Crippen LogP contribution is 2.24. The van der Waals surface area contributed by atoms with E-state index in [1.54, 1.807) is 11.4 Å². The average molecular weight is 346 g/mol. The predicted molar refractivity (Wildman–Crippen MR) is 80.3 cm³/mol. The molecule has 7 nitrogen and oxygen atoms in total. The Hall–Kier alpha value is -1.97. The molecule has 0 spiro atoms. The van der Waals surface area contributed by atoms with E-state index in [2.05, 4.69) is 5.10 Å². The fourth-order valence-electron chi connectivity index (χ4n) is 1.38. The molecule has 21 heavy (non-hydrogen) atoms. The van der Waals surface area contributed by atoms with Gasteiger partial charge in [0.15, 0.2) is 0 Å². The first-order chi connectivity index (χ1) is 9.90. The summed E-state index contributed by atoms with van der Waals surface area (Å²) in [6.45, 7) is 0. The van der Waals surface area contributed by atoms with Crippen molar-refractivity contribution in [3.05, 3.63) is 56.4 Å². The number of benzene rings is 1. The van der Waals surface area contributed by atoms with Crippen molar-refractivity contribution in [1.82, 2.24) is 4.83 Å². The van der Waals surface area contributed by atoms with Crippen molar-refractivity contribution in [3.8, 4) is 0 Å². The van der Waals surface area contributed by atoms with Crippen LogP contribution in [-0.2, 0) is 10.0 Å². The Labute approximate surface area is 129 Å². The number of nitro benzene ring substituents is 1. The number of hydrazone groups is 1. The van der Waals surface area contributed by atoms with Crippen LogP contribution in [0.3, 0.4) is 0 Å². The molecule has 0 atom stereocenters. The number of nitrogens with zero attached hydrogens (tertiary/aromatic N) is 2. The summed E-state index contributed by atoms with van der Waals surface area (Å²) in [6, 6.07) is 7.07. The summed E-state index contributed by atoms with van der Waals surface area (Å²) in [5.74, 6) is 0. The fraction of sp³-hybridized carbons (Fsp3) is 0. The van der Waals surface area contributed by atoms with E-state index >= 15 is 0 Å². The summed E-state index contributed by atoms with van der Waals surface area (Å²) in [5.41, 5.74) is 0.0710. The zero-order chi connectivity index (χ0) is 15.5. The number of nitro groups is 1. The summed E-state index contributed by atoms with van der Waals surface area (Å²) in [4.78, 5) is 12.1. The molecule has 0 bridgehead atoms. The molecule has 0 unspecified atom stereocenters. The Morgan fingerprint density at radius 1 is 1.38 bits per heavy atom. The van der Waals surface area contributed by atoms with Gasteiger partial charge in [0, 0.05) is 11.6 Å². The van der Waals surface area contributed by atoms with Crippen LogP contribution in [0.25, 0.3) is 0 Å². The maximum Gasteiger partial charge on any atom is 0.288 e. The number of thiophene rings is 1. The van der Waals surface area contributed by atoms with Gasteiger partial charge in [0.2, 0.25) is 0 Å². The van der Waals surface area contributed by atoms with Crippen molar-refractivity contribution in [3.63, 3.8) is 0 Å². The van der Waals surface area contributed by atoms with Gasteiger partial charge in [0.1, 0.15) is 9.23 Å². The van der Waals surface area contributed by atoms with Crippen molar-refractivity contribution in [2.24, 2.45) is 5.10 Å². The summed E-state index contributed by atoms with van der Waals surface area (Å²) in [5, 5.41) is 15.9. The second-order valence-corrected chi connectivity index (χ2v) is 7.00. The normalized spacial score (nSPS) is 11.7. The molecule has 2 rings (SSSR count). The van der Waals surface area contributed by atoms with E-state index in [0.29, 0.717) is 5.56 Å². The maximum atomic E-state index is 11.8. The Balaban J connectivity index is 2.16. The second-order valence-electron chi connectivity index (χ2n) is 3.75. The van der Waals surface area contributed by atoms with E-state index < -0.39 is 14.9 Å². The molecule has 1 N–H and O–H groups in total. The second kappa shape index (κ2) is 6.20. The number of sulfonamides is 1. The van der Waals surface area contributed by atoms with Gasteiger partial charge in [-0.3, -0.25) is 10.1 Å². The van der Waals surface area contributed by atoms with E-state index in [4.69, 9.17) is 11.6 Å². The van der Waals surface area contributed by atoms with E-state index in [9.17, 15) is 18.5 Å². The number of halogens is 1. The molecular formula is C11H8ClN3O4S2. The third-order valence-electron chi connectivity index (χ3n) is 2.31. The van der Waals surface area contributed by atoms with Gasteiger partial charge in [-0.05, 0) is 17.5 Å². The molecule has 0 aliphatic heterocycles. The smallest absolute Gasteiger partial charge is 0.258 e. The molecule has 0 aliphatic rings. The van der Waals surface area contributed by atoms with Crippen LogP contribution >= 0.6 is 22.9 Å². The molecule has 0 saturated heterocycles. The molecule has 1 heterocycles. The quantitative estimate of drug-likeness (QED) is 0.511. The predicted octanol–water partition coefficient (Wildman–Crippen LogP) is 2.62. The van der Waals surface area contributed by atoms with Crippen LogP contribution in [0.15, 0.2) is 45.0 Å². The largest absolute Gasteiger partial charge is 0.288 e. The molecule has 0 fully saturated rings. The lowest BCUT2D eigenvalue weighted by Gasteiger charge is -2.00. The molecule has 10 heteroatoms. The van der Waals surface area contributed by atoms with Gasteiger partial charge in [0.25, 0.3) is 15.7 Å². The number of rotatable bonds is 5. The monoisotopic (exact) mass is 345 g/mol. The molecular weight excluding hydrogens is 338 g/mol. The third-order valence-corrected chi connectivity index (χ3v) is 5.25. The third kappa shape index (κ3) is 3.78. The van der Waals surface area contributed by atoms with Crippen molar-refractivity contribution in [2.45, 2.75) is 4.21 Å². The van der Waals surface area contributed by atoms with Gasteiger partial charge in [-0.2, -0.15) is 18.4 Å². The van der Waals surface area contributed by atoms with Gasteiger partial charge < -0.3 is 0 Å². The molecule has 0 aliphatic carbocycles. The minimum absolute atomic E-state index is 0.00341. The average Bonchev–Trinajstić information content (AvgIpc) is 2.95. The Bertz CT molecular complexity index is 788. The zero-order valence-electron chi connectivity index (χ0n) is 10.3. The summed E-state index contributed by atoms with van der Waals surface area (Å²) >= 11 is 6.72. The number of hydrogen-bond donors (Lipinski definition) is 1. The highest BCUT2D eigenvalue weighted by Gasteiger charge is 2.14. The summed E-state index contributed by atoms with van der Waals surface area (Å²) in [6.07, 6.45) is 1.16. The maximum absolute atomic E-state index is 11.8. The first kappa shape index (κ1) is 15.4. The van der Waals surface area contributed by atoms with Crippen LogP contribution in [0.5, 0.6) is 0 Å². The Kier molecular flexibility index (Phi) is 4.56. The van der Waals surface area contributed by atoms with E-state index in [1.807, 2.05) is 4.83 Å². The minimum Gasteiger partial charge on any atom is -0.258 e. The van der Waals surface area contributed by atoms with Crippen LogP contribution in [0.1, 0.15) is 5.56 Å². The minimum atomic E-state index is -3.71. The van der Waals surface area contributed by atoms with Crippen LogP contribution in [0, 0.1) is 10.1 Å². The topological polar surface area (TPSA) is 102 Å². The van der Waals surface area contributed by atoms with Crippen LogP contribution < -0.4 is 4.83 Å². The molecule has 1 aromatic heterocycles. The molecule has 1 aromatic carbocycles. The van der Waals surface area contributed by atoms with Crippen molar-refractivity contribution < 1.29 is 13.3 Å².